The van der Waals surface area contributed by atoms with Gasteiger partial charge in [0.1, 0.15) is 0 Å². The number of hydrogen-bond donors (Lipinski definition) is 0. The third-order valence-corrected chi connectivity index (χ3v) is 2.23. The van der Waals surface area contributed by atoms with Crippen molar-refractivity contribution in [2.45, 2.75) is 59.6 Å². The van der Waals surface area contributed by atoms with Crippen molar-refractivity contribution in [3.05, 3.63) is 0 Å². The van der Waals surface area contributed by atoms with E-state index in [1.165, 1.54) is 0 Å². The van der Waals surface area contributed by atoms with Crippen LogP contribution >= 0.6 is 0 Å². The largest absolute Gasteiger partial charge is 0.461 e. The molecular formula is C11H22BNO2. The summed E-state index contributed by atoms with van der Waals surface area (Å²) in [5, 5.41) is 8.86. The van der Waals surface area contributed by atoms with Crippen molar-refractivity contribution in [2.75, 3.05) is 0 Å². The summed E-state index contributed by atoms with van der Waals surface area (Å²) < 4.78 is 11.3. The summed E-state index contributed by atoms with van der Waals surface area (Å²) in [7, 11) is -0.292. The zero-order valence-corrected chi connectivity index (χ0v) is 10.7. The van der Waals surface area contributed by atoms with Gasteiger partial charge < -0.3 is 9.31 Å². The summed E-state index contributed by atoms with van der Waals surface area (Å²) in [5.74, 6) is 0.0206. The molecule has 0 heterocycles. The SMILES string of the molecule is CC(C)OB(OC(C)C)C(C)C(C)C#N. The lowest BCUT2D eigenvalue weighted by molar-refractivity contribution is 0.121. The molecule has 0 rings (SSSR count). The van der Waals surface area contributed by atoms with E-state index >= 15 is 0 Å². The predicted octanol–water partition coefficient (Wildman–Crippen LogP) is 2.87. The van der Waals surface area contributed by atoms with E-state index in [1.807, 2.05) is 41.5 Å². The summed E-state index contributed by atoms with van der Waals surface area (Å²) in [6.07, 6.45) is 0.226. The molecule has 0 aliphatic carbocycles. The Balaban J connectivity index is 4.41. The molecule has 0 amide bonds. The fraction of sp³-hybridized carbons (Fsp3) is 0.909. The first kappa shape index (κ1) is 14.5. The summed E-state index contributed by atoms with van der Waals surface area (Å²) in [6.45, 7) is 11.8. The first-order valence-corrected chi connectivity index (χ1v) is 5.59. The molecule has 3 nitrogen and oxygen atoms in total. The van der Waals surface area contributed by atoms with Crippen molar-refractivity contribution in [3.8, 4) is 6.07 Å². The standard InChI is InChI=1S/C11H22BNO2/c1-8(2)14-12(15-9(3)4)11(6)10(5)7-13/h8-11H,1-6H3. The average molecular weight is 211 g/mol. The smallest absolute Gasteiger partial charge is 0.409 e. The van der Waals surface area contributed by atoms with Gasteiger partial charge in [0.15, 0.2) is 0 Å². The highest BCUT2D eigenvalue weighted by Crippen LogP contribution is 2.23. The summed E-state index contributed by atoms with van der Waals surface area (Å²) in [6, 6.07) is 2.23. The van der Waals surface area contributed by atoms with Gasteiger partial charge >= 0.3 is 7.12 Å². The lowest BCUT2D eigenvalue weighted by Crippen LogP contribution is -2.35. The summed E-state index contributed by atoms with van der Waals surface area (Å²) in [5.41, 5.74) is 0. The molecule has 0 radical (unpaired) electrons. The maximum atomic E-state index is 8.86. The van der Waals surface area contributed by atoms with Crippen LogP contribution in [0.3, 0.4) is 0 Å². The Bertz CT molecular complexity index is 203. The number of nitriles is 1. The topological polar surface area (TPSA) is 42.2 Å². The molecule has 0 N–H and O–H groups in total. The molecule has 0 aliphatic heterocycles. The van der Waals surface area contributed by atoms with E-state index in [0.29, 0.717) is 0 Å². The Morgan fingerprint density at radius 2 is 1.33 bits per heavy atom. The molecule has 0 aromatic heterocycles. The van der Waals surface area contributed by atoms with Gasteiger partial charge in [0.25, 0.3) is 0 Å². The molecule has 0 aliphatic rings. The third kappa shape index (κ3) is 5.81. The van der Waals surface area contributed by atoms with Crippen molar-refractivity contribution in [1.29, 1.82) is 5.26 Å². The van der Waals surface area contributed by atoms with Gasteiger partial charge in [-0.25, -0.2) is 0 Å². The monoisotopic (exact) mass is 211 g/mol. The van der Waals surface area contributed by atoms with Crippen molar-refractivity contribution in [1.82, 2.24) is 0 Å². The van der Waals surface area contributed by atoms with E-state index in [-0.39, 0.29) is 31.1 Å². The zero-order chi connectivity index (χ0) is 12.0. The van der Waals surface area contributed by atoms with Crippen LogP contribution in [0.4, 0.5) is 0 Å². The molecule has 2 atom stereocenters. The van der Waals surface area contributed by atoms with E-state index < -0.39 is 0 Å². The van der Waals surface area contributed by atoms with Gasteiger partial charge in [-0.15, -0.1) is 0 Å². The Labute approximate surface area is 93.9 Å². The molecule has 4 heteroatoms. The molecular weight excluding hydrogens is 189 g/mol. The van der Waals surface area contributed by atoms with Gasteiger partial charge in [-0.3, -0.25) is 0 Å². The fourth-order valence-corrected chi connectivity index (χ4v) is 1.17. The number of hydrogen-bond acceptors (Lipinski definition) is 3. The minimum Gasteiger partial charge on any atom is -0.409 e. The molecule has 0 fully saturated rings. The van der Waals surface area contributed by atoms with Gasteiger partial charge in [-0.2, -0.15) is 5.26 Å². The van der Waals surface area contributed by atoms with Gasteiger partial charge in [-0.1, -0.05) is 6.92 Å². The molecule has 15 heavy (non-hydrogen) atoms. The van der Waals surface area contributed by atoms with Crippen LogP contribution < -0.4 is 0 Å². The van der Waals surface area contributed by atoms with Crippen molar-refractivity contribution >= 4 is 7.12 Å². The normalized spacial score (nSPS) is 15.1. The second-order valence-electron chi connectivity index (χ2n) is 4.51. The number of rotatable bonds is 6. The summed E-state index contributed by atoms with van der Waals surface area (Å²) >= 11 is 0. The van der Waals surface area contributed by atoms with Gasteiger partial charge in [0, 0.05) is 23.9 Å². The Morgan fingerprint density at radius 1 is 0.933 bits per heavy atom. The molecule has 0 saturated carbocycles. The van der Waals surface area contributed by atoms with E-state index in [9.17, 15) is 0 Å². The van der Waals surface area contributed by atoms with Gasteiger partial charge in [0.05, 0.1) is 6.07 Å². The fourth-order valence-electron chi connectivity index (χ4n) is 1.17. The highest BCUT2D eigenvalue weighted by Gasteiger charge is 2.32. The van der Waals surface area contributed by atoms with Crippen molar-refractivity contribution < 1.29 is 9.31 Å². The second kappa shape index (κ2) is 6.87. The maximum absolute atomic E-state index is 8.86. The second-order valence-corrected chi connectivity index (χ2v) is 4.51. The molecule has 0 aromatic rings. The Morgan fingerprint density at radius 3 is 1.60 bits per heavy atom. The lowest BCUT2D eigenvalue weighted by atomic mass is 9.66. The predicted molar refractivity (Wildman–Crippen MR) is 62.4 cm³/mol. The van der Waals surface area contributed by atoms with Crippen molar-refractivity contribution in [3.63, 3.8) is 0 Å². The van der Waals surface area contributed by atoms with Gasteiger partial charge in [0.2, 0.25) is 0 Å². The highest BCUT2D eigenvalue weighted by atomic mass is 16.6. The maximum Gasteiger partial charge on any atom is 0.461 e. The first-order chi connectivity index (χ1) is 6.88. The minimum absolute atomic E-state index is 0.0625. The molecule has 86 valence electrons. The van der Waals surface area contributed by atoms with Crippen LogP contribution in [0, 0.1) is 17.2 Å². The van der Waals surface area contributed by atoms with Crippen LogP contribution in [0.5, 0.6) is 0 Å². The van der Waals surface area contributed by atoms with E-state index in [1.54, 1.807) is 0 Å². The molecule has 0 saturated heterocycles. The minimum atomic E-state index is -0.292. The van der Waals surface area contributed by atoms with E-state index in [4.69, 9.17) is 14.6 Å². The molecule has 2 unspecified atom stereocenters. The van der Waals surface area contributed by atoms with Crippen LogP contribution in [0.25, 0.3) is 0 Å². The van der Waals surface area contributed by atoms with E-state index in [2.05, 4.69) is 6.07 Å². The van der Waals surface area contributed by atoms with Crippen molar-refractivity contribution in [2.24, 2.45) is 5.92 Å². The Kier molecular flexibility index (Phi) is 6.63. The van der Waals surface area contributed by atoms with Gasteiger partial charge in [-0.05, 0) is 34.6 Å². The Hall–Kier alpha value is -0.525. The molecule has 0 spiro atoms. The summed E-state index contributed by atoms with van der Waals surface area (Å²) in [4.78, 5) is 0. The van der Waals surface area contributed by atoms with Crippen LogP contribution in [0.15, 0.2) is 0 Å². The highest BCUT2D eigenvalue weighted by molar-refractivity contribution is 6.46. The zero-order valence-electron chi connectivity index (χ0n) is 10.7. The van der Waals surface area contributed by atoms with Crippen LogP contribution in [-0.2, 0) is 9.31 Å². The van der Waals surface area contributed by atoms with Crippen LogP contribution in [-0.4, -0.2) is 19.3 Å². The average Bonchev–Trinajstić information content (AvgIpc) is 2.13. The quantitative estimate of drug-likeness (QED) is 0.634. The third-order valence-electron chi connectivity index (χ3n) is 2.23. The number of nitrogens with zero attached hydrogens (tertiary/aromatic N) is 1. The molecule has 0 bridgehead atoms. The lowest BCUT2D eigenvalue weighted by Gasteiger charge is -2.25. The molecule has 0 aromatic carbocycles. The van der Waals surface area contributed by atoms with E-state index in [0.717, 1.165) is 0 Å². The van der Waals surface area contributed by atoms with Crippen LogP contribution in [0.1, 0.15) is 41.5 Å². The van der Waals surface area contributed by atoms with Crippen LogP contribution in [0.2, 0.25) is 5.82 Å². The first-order valence-electron chi connectivity index (χ1n) is 5.59.